The Labute approximate surface area is 196 Å². The lowest BCUT2D eigenvalue weighted by Gasteiger charge is -2.24. The van der Waals surface area contributed by atoms with Gasteiger partial charge in [-0.1, -0.05) is 19.8 Å². The third kappa shape index (κ3) is 6.05. The molecular formula is C27H36FN3O2. The minimum Gasteiger partial charge on any atom is -0.490 e. The van der Waals surface area contributed by atoms with Gasteiger partial charge in [-0.25, -0.2) is 4.39 Å². The number of anilines is 2. The standard InChI is InChI=1S/C27H36FN3O2/c1-3-30(2)22-16-17-31(19-22)26-15-12-21(18-25(26)28)29-27(32)20-10-13-24(14-11-20)33-23-8-6-4-5-7-9-23/h10-15,18,22-23H,3-9,16-17,19H2,1-2H3,(H,29,32). The highest BCUT2D eigenvalue weighted by atomic mass is 19.1. The number of likely N-dealkylation sites (N-methyl/N-ethyl adjacent to an activating group) is 1. The van der Waals surface area contributed by atoms with Crippen LogP contribution in [0.3, 0.4) is 0 Å². The number of nitrogens with zero attached hydrogens (tertiary/aromatic N) is 2. The fourth-order valence-electron chi connectivity index (χ4n) is 4.86. The molecule has 4 rings (SSSR count). The van der Waals surface area contributed by atoms with E-state index in [9.17, 15) is 9.18 Å². The van der Waals surface area contributed by atoms with Crippen molar-refractivity contribution in [3.8, 4) is 5.75 Å². The molecule has 1 saturated heterocycles. The van der Waals surface area contributed by atoms with E-state index in [4.69, 9.17) is 4.74 Å². The zero-order valence-electron chi connectivity index (χ0n) is 19.9. The third-order valence-electron chi connectivity index (χ3n) is 7.05. The molecule has 1 aliphatic carbocycles. The summed E-state index contributed by atoms with van der Waals surface area (Å²) in [6, 6.07) is 12.6. The van der Waals surface area contributed by atoms with Crippen molar-refractivity contribution in [1.29, 1.82) is 0 Å². The SMILES string of the molecule is CCN(C)C1CCN(c2ccc(NC(=O)c3ccc(OC4CCCCCC4)cc3)cc2F)C1. The molecule has 33 heavy (non-hydrogen) atoms. The van der Waals surface area contributed by atoms with Gasteiger partial charge in [0.05, 0.1) is 11.8 Å². The molecule has 1 saturated carbocycles. The highest BCUT2D eigenvalue weighted by molar-refractivity contribution is 6.04. The summed E-state index contributed by atoms with van der Waals surface area (Å²) < 4.78 is 21.0. The summed E-state index contributed by atoms with van der Waals surface area (Å²) in [6.07, 6.45) is 8.49. The van der Waals surface area contributed by atoms with Crippen molar-refractivity contribution in [1.82, 2.24) is 4.90 Å². The van der Waals surface area contributed by atoms with Gasteiger partial charge < -0.3 is 19.9 Å². The molecule has 1 aliphatic heterocycles. The Balaban J connectivity index is 1.34. The van der Waals surface area contributed by atoms with E-state index in [1.54, 1.807) is 24.3 Å². The number of benzene rings is 2. The van der Waals surface area contributed by atoms with Gasteiger partial charge in [0.25, 0.3) is 5.91 Å². The number of rotatable bonds is 7. The first-order valence-electron chi connectivity index (χ1n) is 12.4. The number of carbonyl (C=O) groups excluding carboxylic acids is 1. The third-order valence-corrected chi connectivity index (χ3v) is 7.05. The van der Waals surface area contributed by atoms with Crippen LogP contribution in [0.15, 0.2) is 42.5 Å². The summed E-state index contributed by atoms with van der Waals surface area (Å²) >= 11 is 0. The molecule has 5 nitrogen and oxygen atoms in total. The first-order valence-corrected chi connectivity index (χ1v) is 12.4. The van der Waals surface area contributed by atoms with Crippen molar-refractivity contribution in [2.75, 3.05) is 36.9 Å². The van der Waals surface area contributed by atoms with Gasteiger partial charge in [0.2, 0.25) is 0 Å². The average molecular weight is 454 g/mol. The lowest BCUT2D eigenvalue weighted by atomic mass is 10.1. The van der Waals surface area contributed by atoms with Crippen molar-refractivity contribution in [2.45, 2.75) is 64.0 Å². The summed E-state index contributed by atoms with van der Waals surface area (Å²) in [7, 11) is 2.11. The molecule has 2 aliphatic rings. The van der Waals surface area contributed by atoms with Gasteiger partial charge in [-0.2, -0.15) is 0 Å². The number of amides is 1. The molecule has 1 amide bonds. The Bertz CT molecular complexity index is 925. The first-order chi connectivity index (χ1) is 16.0. The molecule has 6 heteroatoms. The monoisotopic (exact) mass is 453 g/mol. The molecule has 0 spiro atoms. The normalized spacial score (nSPS) is 19.5. The number of ether oxygens (including phenoxy) is 1. The number of carbonyl (C=O) groups is 1. The highest BCUT2D eigenvalue weighted by Gasteiger charge is 2.26. The molecule has 0 bridgehead atoms. The molecule has 0 radical (unpaired) electrons. The van der Waals surface area contributed by atoms with Crippen LogP contribution in [0.4, 0.5) is 15.8 Å². The van der Waals surface area contributed by atoms with Crippen molar-refractivity contribution in [3.05, 3.63) is 53.8 Å². The quantitative estimate of drug-likeness (QED) is 0.546. The van der Waals surface area contributed by atoms with Gasteiger partial charge in [0, 0.05) is 30.4 Å². The van der Waals surface area contributed by atoms with E-state index in [-0.39, 0.29) is 17.8 Å². The summed E-state index contributed by atoms with van der Waals surface area (Å²) in [6.45, 7) is 4.79. The van der Waals surface area contributed by atoms with E-state index < -0.39 is 0 Å². The molecular weight excluding hydrogens is 417 g/mol. The molecule has 1 unspecified atom stereocenters. The van der Waals surface area contributed by atoms with E-state index in [1.807, 2.05) is 12.1 Å². The predicted molar refractivity (Wildman–Crippen MR) is 132 cm³/mol. The van der Waals surface area contributed by atoms with Crippen LogP contribution in [-0.2, 0) is 0 Å². The molecule has 2 fully saturated rings. The molecule has 2 aromatic carbocycles. The van der Waals surface area contributed by atoms with Gasteiger partial charge in [-0.3, -0.25) is 4.79 Å². The van der Waals surface area contributed by atoms with Gasteiger partial charge in [0.15, 0.2) is 0 Å². The maximum Gasteiger partial charge on any atom is 0.255 e. The van der Waals surface area contributed by atoms with Crippen LogP contribution in [0, 0.1) is 5.82 Å². The smallest absolute Gasteiger partial charge is 0.255 e. The van der Waals surface area contributed by atoms with Gasteiger partial charge in [0.1, 0.15) is 11.6 Å². The molecule has 1 atom stereocenters. The number of nitrogens with one attached hydrogen (secondary N) is 1. The van der Waals surface area contributed by atoms with E-state index in [0.29, 0.717) is 23.0 Å². The number of hydrogen-bond acceptors (Lipinski definition) is 4. The van der Waals surface area contributed by atoms with E-state index >= 15 is 0 Å². The second-order valence-corrected chi connectivity index (χ2v) is 9.34. The molecule has 2 aromatic rings. The second kappa shape index (κ2) is 11.0. The summed E-state index contributed by atoms with van der Waals surface area (Å²) in [5.74, 6) is 0.236. The van der Waals surface area contributed by atoms with Crippen molar-refractivity contribution in [3.63, 3.8) is 0 Å². The van der Waals surface area contributed by atoms with Crippen LogP contribution in [0.2, 0.25) is 0 Å². The van der Waals surface area contributed by atoms with Crippen molar-refractivity contribution >= 4 is 17.3 Å². The lowest BCUT2D eigenvalue weighted by Crippen LogP contribution is -2.34. The van der Waals surface area contributed by atoms with Crippen LogP contribution in [0.5, 0.6) is 5.75 Å². The van der Waals surface area contributed by atoms with Crippen molar-refractivity contribution < 1.29 is 13.9 Å². The zero-order chi connectivity index (χ0) is 23.2. The fourth-order valence-corrected chi connectivity index (χ4v) is 4.86. The predicted octanol–water partition coefficient (Wildman–Crippen LogP) is 5.71. The summed E-state index contributed by atoms with van der Waals surface area (Å²) in [5, 5.41) is 2.82. The van der Waals surface area contributed by atoms with Crippen LogP contribution >= 0.6 is 0 Å². The van der Waals surface area contributed by atoms with E-state index in [1.165, 1.54) is 31.7 Å². The average Bonchev–Trinajstić information content (AvgIpc) is 3.17. The zero-order valence-corrected chi connectivity index (χ0v) is 19.9. The molecule has 1 heterocycles. The Morgan fingerprint density at radius 3 is 2.48 bits per heavy atom. The Morgan fingerprint density at radius 2 is 1.82 bits per heavy atom. The van der Waals surface area contributed by atoms with Crippen LogP contribution < -0.4 is 15.0 Å². The topological polar surface area (TPSA) is 44.8 Å². The summed E-state index contributed by atoms with van der Waals surface area (Å²) in [5.41, 5.74) is 1.58. The first kappa shape index (κ1) is 23.6. The summed E-state index contributed by atoms with van der Waals surface area (Å²) in [4.78, 5) is 17.1. The van der Waals surface area contributed by atoms with E-state index in [0.717, 1.165) is 44.6 Å². The Morgan fingerprint density at radius 1 is 1.09 bits per heavy atom. The van der Waals surface area contributed by atoms with Crippen LogP contribution in [0.1, 0.15) is 62.2 Å². The van der Waals surface area contributed by atoms with Crippen LogP contribution in [0.25, 0.3) is 0 Å². The lowest BCUT2D eigenvalue weighted by molar-refractivity contribution is 0.102. The second-order valence-electron chi connectivity index (χ2n) is 9.34. The maximum absolute atomic E-state index is 14.8. The van der Waals surface area contributed by atoms with Gasteiger partial charge >= 0.3 is 0 Å². The molecule has 178 valence electrons. The fraction of sp³-hybridized carbons (Fsp3) is 0.519. The highest BCUT2D eigenvalue weighted by Crippen LogP contribution is 2.28. The van der Waals surface area contributed by atoms with Crippen molar-refractivity contribution in [2.24, 2.45) is 0 Å². The van der Waals surface area contributed by atoms with Gasteiger partial charge in [-0.05, 0) is 88.2 Å². The van der Waals surface area contributed by atoms with E-state index in [2.05, 4.69) is 29.1 Å². The van der Waals surface area contributed by atoms with Gasteiger partial charge in [-0.15, -0.1) is 0 Å². The Hall–Kier alpha value is -2.60. The van der Waals surface area contributed by atoms with Crippen LogP contribution in [-0.4, -0.2) is 49.6 Å². The largest absolute Gasteiger partial charge is 0.490 e. The minimum absolute atomic E-state index is 0.256. The number of hydrogen-bond donors (Lipinski definition) is 1. The molecule has 1 N–H and O–H groups in total. The molecule has 0 aromatic heterocycles. The number of halogens is 1. The Kier molecular flexibility index (Phi) is 7.86. The maximum atomic E-state index is 14.8. The minimum atomic E-state index is -0.306.